The highest BCUT2D eigenvalue weighted by molar-refractivity contribution is 5.74. The summed E-state index contributed by atoms with van der Waals surface area (Å²) in [5.41, 5.74) is -1.92. The summed E-state index contributed by atoms with van der Waals surface area (Å²) < 4.78 is 19.9. The first-order valence-electron chi connectivity index (χ1n) is 10.0. The Hall–Kier alpha value is -1.99. The van der Waals surface area contributed by atoms with Crippen LogP contribution in [0, 0.1) is 0 Å². The summed E-state index contributed by atoms with van der Waals surface area (Å²) in [5, 5.41) is 87.8. The molecule has 0 unspecified atom stereocenters. The van der Waals surface area contributed by atoms with Crippen LogP contribution in [0.25, 0.3) is 0 Å². The van der Waals surface area contributed by atoms with E-state index in [2.05, 4.69) is 0 Å². The van der Waals surface area contributed by atoms with Crippen LogP contribution in [-0.2, 0) is 33.3 Å². The number of aliphatic hydroxyl groups is 7. The Morgan fingerprint density at radius 2 is 1.47 bits per heavy atom. The third-order valence-corrected chi connectivity index (χ3v) is 5.23. The maximum Gasteiger partial charge on any atom is 0.335 e. The van der Waals surface area contributed by atoms with Crippen LogP contribution in [0.15, 0.2) is 0 Å². The predicted octanol–water partition coefficient (Wildman–Crippen LogP) is -5.14. The molecular formula is C18H28O16. The Bertz CT molecular complexity index is 741. The van der Waals surface area contributed by atoms with E-state index in [1.807, 2.05) is 0 Å². The number of hydrogen-bond acceptors (Lipinski definition) is 14. The van der Waals surface area contributed by atoms with E-state index < -0.39 is 104 Å². The smallest absolute Gasteiger partial charge is 0.335 e. The first-order valence-corrected chi connectivity index (χ1v) is 10.0. The zero-order chi connectivity index (χ0) is 26.0. The Kier molecular flexibility index (Phi) is 9.28. The third-order valence-electron chi connectivity index (χ3n) is 5.23. The topological polar surface area (TPSA) is 270 Å². The minimum absolute atomic E-state index is 0.714. The van der Waals surface area contributed by atoms with Crippen molar-refractivity contribution < 1.29 is 79.3 Å². The number of aliphatic carboxylic acids is 2. The van der Waals surface area contributed by atoms with Crippen molar-refractivity contribution in [3.63, 3.8) is 0 Å². The minimum atomic E-state index is -2.03. The lowest BCUT2D eigenvalue weighted by Gasteiger charge is -2.44. The molecule has 11 atom stereocenters. The van der Waals surface area contributed by atoms with Crippen molar-refractivity contribution in [2.75, 3.05) is 6.61 Å². The van der Waals surface area contributed by atoms with Crippen LogP contribution in [0.5, 0.6) is 0 Å². The van der Waals surface area contributed by atoms with Gasteiger partial charge in [0.1, 0.15) is 49.3 Å². The Labute approximate surface area is 191 Å². The van der Waals surface area contributed by atoms with Gasteiger partial charge in [0.15, 0.2) is 18.7 Å². The number of ether oxygens (including phenoxy) is 4. The molecule has 9 N–H and O–H groups in total. The fraction of sp³-hybridized carbons (Fsp3) is 0.833. The lowest BCUT2D eigenvalue weighted by molar-refractivity contribution is -0.358. The standard InChI is InChI=1S/C18H28O16/c1-18(30,2-6(19)20)3-7(21)31-4-5-8(22)10(24)14(16(29)32-5)34-17-12(26)9(23)11(25)13(33-17)15(27)28/h5,8-14,16-17,22-26,29-30H,2-4H2,1H3,(H,19,20)(H,27,28)/t5-,8-,9+,10+,11+,12-,13+,14-,16-,17+,18-/m1/s1. The van der Waals surface area contributed by atoms with Crippen LogP contribution in [0.4, 0.5) is 0 Å². The molecule has 2 aliphatic heterocycles. The van der Waals surface area contributed by atoms with Crippen molar-refractivity contribution in [3.8, 4) is 0 Å². The first kappa shape index (κ1) is 28.2. The van der Waals surface area contributed by atoms with Gasteiger partial charge in [0.25, 0.3) is 0 Å². The second-order valence-electron chi connectivity index (χ2n) is 8.31. The number of carboxylic acids is 2. The van der Waals surface area contributed by atoms with Crippen molar-refractivity contribution in [3.05, 3.63) is 0 Å². The van der Waals surface area contributed by atoms with Gasteiger partial charge in [0, 0.05) is 0 Å². The van der Waals surface area contributed by atoms with E-state index in [-0.39, 0.29) is 0 Å². The van der Waals surface area contributed by atoms with Crippen LogP contribution in [0.2, 0.25) is 0 Å². The quantitative estimate of drug-likeness (QED) is 0.134. The van der Waals surface area contributed by atoms with E-state index in [0.29, 0.717) is 0 Å². The number of carbonyl (C=O) groups is 3. The molecule has 0 radical (unpaired) electrons. The molecule has 0 saturated carbocycles. The number of hydrogen-bond donors (Lipinski definition) is 9. The summed E-state index contributed by atoms with van der Waals surface area (Å²) in [5.74, 6) is -4.11. The predicted molar refractivity (Wildman–Crippen MR) is 101 cm³/mol. The van der Waals surface area contributed by atoms with Crippen molar-refractivity contribution in [2.24, 2.45) is 0 Å². The van der Waals surface area contributed by atoms with Gasteiger partial charge < -0.3 is 64.9 Å². The third kappa shape index (κ3) is 6.79. The molecule has 34 heavy (non-hydrogen) atoms. The average Bonchev–Trinajstić information content (AvgIpc) is 2.70. The summed E-state index contributed by atoms with van der Waals surface area (Å²) in [6, 6.07) is 0. The highest BCUT2D eigenvalue weighted by atomic mass is 16.7. The Morgan fingerprint density at radius 3 is 2.03 bits per heavy atom. The molecule has 0 aliphatic carbocycles. The van der Waals surface area contributed by atoms with Crippen molar-refractivity contribution in [2.45, 2.75) is 86.8 Å². The minimum Gasteiger partial charge on any atom is -0.481 e. The second kappa shape index (κ2) is 11.2. The first-order chi connectivity index (χ1) is 15.6. The van der Waals surface area contributed by atoms with Gasteiger partial charge in [-0.2, -0.15) is 0 Å². The Morgan fingerprint density at radius 1 is 0.853 bits per heavy atom. The molecule has 2 saturated heterocycles. The zero-order valence-corrected chi connectivity index (χ0v) is 17.8. The highest BCUT2D eigenvalue weighted by Gasteiger charge is 2.52. The summed E-state index contributed by atoms with van der Waals surface area (Å²) in [6.07, 6.45) is -20.6. The van der Waals surface area contributed by atoms with Crippen molar-refractivity contribution in [1.82, 2.24) is 0 Å². The number of rotatable bonds is 9. The van der Waals surface area contributed by atoms with Crippen LogP contribution in [-0.4, -0.2) is 137 Å². The molecule has 16 heteroatoms. The molecule has 2 rings (SSSR count). The molecule has 0 bridgehead atoms. The molecule has 0 aromatic heterocycles. The van der Waals surface area contributed by atoms with Crippen LogP contribution in [0.3, 0.4) is 0 Å². The lowest BCUT2D eigenvalue weighted by atomic mass is 9.97. The number of esters is 1. The van der Waals surface area contributed by atoms with Crippen LogP contribution >= 0.6 is 0 Å². The highest BCUT2D eigenvalue weighted by Crippen LogP contribution is 2.29. The number of aliphatic hydroxyl groups excluding tert-OH is 6. The molecular weight excluding hydrogens is 472 g/mol. The second-order valence-corrected chi connectivity index (χ2v) is 8.31. The maximum absolute atomic E-state index is 11.9. The molecule has 0 aromatic carbocycles. The van der Waals surface area contributed by atoms with E-state index in [1.54, 1.807) is 0 Å². The monoisotopic (exact) mass is 500 g/mol. The van der Waals surface area contributed by atoms with Gasteiger partial charge >= 0.3 is 17.9 Å². The van der Waals surface area contributed by atoms with Gasteiger partial charge in [0.2, 0.25) is 0 Å². The molecule has 2 fully saturated rings. The SMILES string of the molecule is C[C@@](O)(CC(=O)O)CC(=O)OC[C@H]1O[C@@H](O)[C@H](O[C@@H]2O[C@H](C(=O)O)[C@@H](O)[C@H](O)[C@H]2O)[C@@H](O)[C@@H]1O. The molecule has 0 aromatic rings. The lowest BCUT2D eigenvalue weighted by Crippen LogP contribution is -2.64. The van der Waals surface area contributed by atoms with Gasteiger partial charge in [-0.05, 0) is 6.92 Å². The Balaban J connectivity index is 1.97. The summed E-state index contributed by atoms with van der Waals surface area (Å²) in [6.45, 7) is 0.370. The summed E-state index contributed by atoms with van der Waals surface area (Å²) in [4.78, 5) is 33.7. The van der Waals surface area contributed by atoms with Gasteiger partial charge in [0.05, 0.1) is 18.4 Å². The molecule has 0 spiro atoms. The number of carboxylic acid groups (broad SMARTS) is 2. The average molecular weight is 500 g/mol. The van der Waals surface area contributed by atoms with Gasteiger partial charge in [-0.15, -0.1) is 0 Å². The van der Waals surface area contributed by atoms with Crippen molar-refractivity contribution >= 4 is 17.9 Å². The van der Waals surface area contributed by atoms with E-state index in [4.69, 9.17) is 29.2 Å². The van der Waals surface area contributed by atoms with E-state index in [1.165, 1.54) is 0 Å². The molecule has 196 valence electrons. The normalized spacial score (nSPS) is 40.2. The van der Waals surface area contributed by atoms with E-state index in [0.717, 1.165) is 6.92 Å². The molecule has 2 aliphatic rings. The van der Waals surface area contributed by atoms with Gasteiger partial charge in [-0.1, -0.05) is 0 Å². The number of carbonyl (C=O) groups excluding carboxylic acids is 1. The molecule has 16 nitrogen and oxygen atoms in total. The van der Waals surface area contributed by atoms with E-state index >= 15 is 0 Å². The van der Waals surface area contributed by atoms with Crippen LogP contribution in [0.1, 0.15) is 19.8 Å². The molecule has 0 amide bonds. The summed E-state index contributed by atoms with van der Waals surface area (Å²) >= 11 is 0. The largest absolute Gasteiger partial charge is 0.481 e. The summed E-state index contributed by atoms with van der Waals surface area (Å²) in [7, 11) is 0. The zero-order valence-electron chi connectivity index (χ0n) is 17.8. The maximum atomic E-state index is 11.9. The fourth-order valence-corrected chi connectivity index (χ4v) is 3.45. The van der Waals surface area contributed by atoms with Gasteiger partial charge in [-0.3, -0.25) is 9.59 Å². The van der Waals surface area contributed by atoms with Gasteiger partial charge in [-0.25, -0.2) is 4.79 Å². The fourth-order valence-electron chi connectivity index (χ4n) is 3.45. The van der Waals surface area contributed by atoms with Crippen LogP contribution < -0.4 is 0 Å². The van der Waals surface area contributed by atoms with E-state index in [9.17, 15) is 50.1 Å². The van der Waals surface area contributed by atoms with Crippen molar-refractivity contribution in [1.29, 1.82) is 0 Å². The molecule has 2 heterocycles.